The topological polar surface area (TPSA) is 51.2 Å². The zero-order valence-corrected chi connectivity index (χ0v) is 14.2. The summed E-state index contributed by atoms with van der Waals surface area (Å²) >= 11 is 6.34. The van der Waals surface area contributed by atoms with Gasteiger partial charge < -0.3 is 19.3 Å². The lowest BCUT2D eigenvalue weighted by atomic mass is 10.1. The van der Waals surface area contributed by atoms with Gasteiger partial charge in [0.2, 0.25) is 0 Å². The highest BCUT2D eigenvalue weighted by atomic mass is 35.5. The summed E-state index contributed by atoms with van der Waals surface area (Å²) in [6, 6.07) is 4.15. The first-order valence-electron chi connectivity index (χ1n) is 8.17. The Morgan fingerprint density at radius 3 is 2.96 bits per heavy atom. The van der Waals surface area contributed by atoms with Gasteiger partial charge in [-0.15, -0.1) is 0 Å². The van der Waals surface area contributed by atoms with Crippen molar-refractivity contribution >= 4 is 11.6 Å². The van der Waals surface area contributed by atoms with Gasteiger partial charge in [-0.3, -0.25) is 4.90 Å². The molecule has 2 aliphatic heterocycles. The zero-order chi connectivity index (χ0) is 16.2. The molecule has 2 aliphatic rings. The summed E-state index contributed by atoms with van der Waals surface area (Å²) in [5.74, 6) is 1.39. The maximum Gasteiger partial charge on any atom is 0.179 e. The lowest BCUT2D eigenvalue weighted by Gasteiger charge is -2.22. The first kappa shape index (κ1) is 16.8. The van der Waals surface area contributed by atoms with E-state index in [-0.39, 0.29) is 18.8 Å². The summed E-state index contributed by atoms with van der Waals surface area (Å²) in [5.41, 5.74) is 1.12. The van der Waals surface area contributed by atoms with Gasteiger partial charge in [-0.25, -0.2) is 0 Å². The number of ether oxygens (including phenoxy) is 3. The Morgan fingerprint density at radius 2 is 2.17 bits per heavy atom. The Balaban J connectivity index is 1.66. The maximum absolute atomic E-state index is 9.53. The standard InChI is InChI=1S/C17H24ClNO4/c1-21-14-9-13(11-20)19(10-14)4-3-12-7-15(18)17-16(8-12)22-5-2-6-23-17/h7-8,13-14,20H,2-6,9-11H2,1H3/t13-,14-/m0/s1. The molecule has 1 N–H and O–H groups in total. The molecule has 1 fully saturated rings. The van der Waals surface area contributed by atoms with Crippen molar-refractivity contribution in [1.29, 1.82) is 0 Å². The Morgan fingerprint density at radius 1 is 1.35 bits per heavy atom. The molecule has 0 amide bonds. The number of benzene rings is 1. The summed E-state index contributed by atoms with van der Waals surface area (Å²) < 4.78 is 16.8. The van der Waals surface area contributed by atoms with E-state index in [4.69, 9.17) is 25.8 Å². The largest absolute Gasteiger partial charge is 0.489 e. The molecule has 128 valence electrons. The fourth-order valence-corrected chi connectivity index (χ4v) is 3.56. The fraction of sp³-hybridized carbons (Fsp3) is 0.647. The van der Waals surface area contributed by atoms with Crippen LogP contribution in [0.25, 0.3) is 0 Å². The highest BCUT2D eigenvalue weighted by Gasteiger charge is 2.31. The number of fused-ring (bicyclic) bond motifs is 1. The van der Waals surface area contributed by atoms with Crippen molar-refractivity contribution in [3.63, 3.8) is 0 Å². The van der Waals surface area contributed by atoms with E-state index < -0.39 is 0 Å². The quantitative estimate of drug-likeness (QED) is 0.889. The van der Waals surface area contributed by atoms with Crippen LogP contribution in [0, 0.1) is 0 Å². The number of likely N-dealkylation sites (tertiary alicyclic amines) is 1. The average Bonchev–Trinajstić information content (AvgIpc) is 2.81. The number of hydrogen-bond acceptors (Lipinski definition) is 5. The number of hydrogen-bond donors (Lipinski definition) is 1. The molecule has 0 aromatic heterocycles. The van der Waals surface area contributed by atoms with E-state index in [1.165, 1.54) is 0 Å². The highest BCUT2D eigenvalue weighted by molar-refractivity contribution is 6.32. The second-order valence-corrected chi connectivity index (χ2v) is 6.54. The first-order chi connectivity index (χ1) is 11.2. The molecule has 1 saturated heterocycles. The minimum atomic E-state index is 0.168. The predicted molar refractivity (Wildman–Crippen MR) is 88.6 cm³/mol. The molecule has 0 radical (unpaired) electrons. The summed E-state index contributed by atoms with van der Waals surface area (Å²) in [6.45, 7) is 3.18. The molecule has 1 aromatic rings. The SMILES string of the molecule is CO[C@H]1C[C@@H](CO)N(CCc2cc(Cl)c3c(c2)OCCCO3)C1. The number of methoxy groups -OCH3 is 1. The monoisotopic (exact) mass is 341 g/mol. The Kier molecular flexibility index (Phi) is 5.64. The minimum absolute atomic E-state index is 0.168. The van der Waals surface area contributed by atoms with Gasteiger partial charge in [0.05, 0.1) is 30.9 Å². The highest BCUT2D eigenvalue weighted by Crippen LogP contribution is 2.38. The third-order valence-corrected chi connectivity index (χ3v) is 4.86. The third-order valence-electron chi connectivity index (χ3n) is 4.58. The number of rotatable bonds is 5. The van der Waals surface area contributed by atoms with Gasteiger partial charge in [0, 0.05) is 32.7 Å². The van der Waals surface area contributed by atoms with E-state index in [9.17, 15) is 5.11 Å². The van der Waals surface area contributed by atoms with Gasteiger partial charge in [0.1, 0.15) is 0 Å². The second-order valence-electron chi connectivity index (χ2n) is 6.13. The van der Waals surface area contributed by atoms with Crippen LogP contribution in [0.3, 0.4) is 0 Å². The summed E-state index contributed by atoms with van der Waals surface area (Å²) in [7, 11) is 1.73. The summed E-state index contributed by atoms with van der Waals surface area (Å²) in [6.07, 6.45) is 2.81. The van der Waals surface area contributed by atoms with Gasteiger partial charge in [0.15, 0.2) is 11.5 Å². The van der Waals surface area contributed by atoms with Crippen LogP contribution in [0.5, 0.6) is 11.5 Å². The molecule has 0 aliphatic carbocycles. The second kappa shape index (κ2) is 7.71. The molecule has 6 heteroatoms. The normalized spacial score (nSPS) is 24.7. The Bertz CT molecular complexity index is 540. The van der Waals surface area contributed by atoms with Gasteiger partial charge in [-0.2, -0.15) is 0 Å². The van der Waals surface area contributed by atoms with Crippen LogP contribution >= 0.6 is 11.6 Å². The van der Waals surface area contributed by atoms with Crippen LogP contribution in [-0.4, -0.2) is 62.2 Å². The predicted octanol–water partition coefficient (Wildman–Crippen LogP) is 2.13. The molecule has 0 saturated carbocycles. The minimum Gasteiger partial charge on any atom is -0.489 e. The van der Waals surface area contributed by atoms with Gasteiger partial charge in [-0.05, 0) is 30.5 Å². The number of aliphatic hydroxyl groups excluding tert-OH is 1. The van der Waals surface area contributed by atoms with Crippen LogP contribution in [0.15, 0.2) is 12.1 Å². The molecule has 2 atom stereocenters. The molecule has 3 rings (SSSR count). The maximum atomic E-state index is 9.53. The molecule has 5 nitrogen and oxygen atoms in total. The van der Waals surface area contributed by atoms with Crippen molar-refractivity contribution in [2.24, 2.45) is 0 Å². The lowest BCUT2D eigenvalue weighted by molar-refractivity contribution is 0.108. The van der Waals surface area contributed by atoms with Crippen molar-refractivity contribution < 1.29 is 19.3 Å². The van der Waals surface area contributed by atoms with Gasteiger partial charge in [-0.1, -0.05) is 11.6 Å². The molecule has 0 spiro atoms. The average molecular weight is 342 g/mol. The Labute approximate surface area is 142 Å². The molecule has 0 bridgehead atoms. The van der Waals surface area contributed by atoms with Crippen molar-refractivity contribution in [3.8, 4) is 11.5 Å². The number of aliphatic hydroxyl groups is 1. The van der Waals surface area contributed by atoms with E-state index in [1.54, 1.807) is 7.11 Å². The molecule has 23 heavy (non-hydrogen) atoms. The van der Waals surface area contributed by atoms with Crippen molar-refractivity contribution in [2.45, 2.75) is 31.4 Å². The zero-order valence-electron chi connectivity index (χ0n) is 13.5. The molecule has 2 heterocycles. The first-order valence-corrected chi connectivity index (χ1v) is 8.54. The molecular formula is C17H24ClNO4. The van der Waals surface area contributed by atoms with Crippen LogP contribution in [-0.2, 0) is 11.2 Å². The number of nitrogens with zero attached hydrogens (tertiary/aromatic N) is 1. The van der Waals surface area contributed by atoms with Crippen LogP contribution in [0.4, 0.5) is 0 Å². The third kappa shape index (κ3) is 3.91. The van der Waals surface area contributed by atoms with E-state index in [2.05, 4.69) is 4.90 Å². The van der Waals surface area contributed by atoms with Gasteiger partial charge in [0.25, 0.3) is 0 Å². The summed E-state index contributed by atoms with van der Waals surface area (Å²) in [5, 5.41) is 10.1. The summed E-state index contributed by atoms with van der Waals surface area (Å²) in [4.78, 5) is 2.28. The smallest absolute Gasteiger partial charge is 0.179 e. The van der Waals surface area contributed by atoms with Gasteiger partial charge >= 0.3 is 0 Å². The van der Waals surface area contributed by atoms with E-state index >= 15 is 0 Å². The fourth-order valence-electron chi connectivity index (χ4n) is 3.27. The van der Waals surface area contributed by atoms with Crippen molar-refractivity contribution in [2.75, 3.05) is 40.0 Å². The molecule has 0 unspecified atom stereocenters. The molecule has 1 aromatic carbocycles. The van der Waals surface area contributed by atoms with Crippen molar-refractivity contribution in [1.82, 2.24) is 4.90 Å². The van der Waals surface area contributed by atoms with Crippen LogP contribution in [0.1, 0.15) is 18.4 Å². The Hall–Kier alpha value is -1.01. The lowest BCUT2D eigenvalue weighted by Crippen LogP contribution is -2.34. The van der Waals surface area contributed by atoms with Crippen LogP contribution in [0.2, 0.25) is 5.02 Å². The molecular weight excluding hydrogens is 318 g/mol. The van der Waals surface area contributed by atoms with Crippen molar-refractivity contribution in [3.05, 3.63) is 22.7 Å². The van der Waals surface area contributed by atoms with E-state index in [0.717, 1.165) is 43.7 Å². The number of halogens is 1. The van der Waals surface area contributed by atoms with E-state index in [1.807, 2.05) is 12.1 Å². The van der Waals surface area contributed by atoms with Crippen LogP contribution < -0.4 is 9.47 Å². The van der Waals surface area contributed by atoms with E-state index in [0.29, 0.717) is 24.0 Å².